The third-order valence-corrected chi connectivity index (χ3v) is 2.67. The van der Waals surface area contributed by atoms with E-state index < -0.39 is 5.97 Å². The predicted octanol–water partition coefficient (Wildman–Crippen LogP) is 1.52. The van der Waals surface area contributed by atoms with Gasteiger partial charge in [0.15, 0.2) is 0 Å². The van der Waals surface area contributed by atoms with E-state index in [1.54, 1.807) is 29.8 Å². The van der Waals surface area contributed by atoms with Crippen molar-refractivity contribution in [2.45, 2.75) is 13.5 Å². The minimum absolute atomic E-state index is 0.145. The number of esters is 1. The first-order valence-electron chi connectivity index (χ1n) is 5.93. The molecular weight excluding hydrogens is 244 g/mol. The Bertz CT molecular complexity index is 688. The molecule has 0 saturated heterocycles. The predicted molar refractivity (Wildman–Crippen MR) is 71.8 cm³/mol. The second kappa shape index (κ2) is 5.48. The first kappa shape index (κ1) is 13.0. The number of hydrogen-bond acceptors (Lipinski definition) is 4. The summed E-state index contributed by atoms with van der Waals surface area (Å²) in [7, 11) is 0. The standard InChI is InChI=1S/C14H14N2O3/c1-3-19-14(18)10(2)9-16-12-7-5-4-6-11(12)13(17)8-15-16/h4-8H,2-3,9H2,1H3. The van der Waals surface area contributed by atoms with E-state index in [4.69, 9.17) is 4.74 Å². The van der Waals surface area contributed by atoms with Crippen LogP contribution in [0.1, 0.15) is 6.92 Å². The molecule has 1 aromatic carbocycles. The Kier molecular flexibility index (Phi) is 3.75. The molecule has 0 amide bonds. The van der Waals surface area contributed by atoms with Crippen molar-refractivity contribution in [1.82, 2.24) is 9.78 Å². The highest BCUT2D eigenvalue weighted by Gasteiger charge is 2.10. The molecule has 0 aliphatic carbocycles. The van der Waals surface area contributed by atoms with E-state index >= 15 is 0 Å². The monoisotopic (exact) mass is 258 g/mol. The van der Waals surface area contributed by atoms with Crippen LogP contribution < -0.4 is 5.43 Å². The molecular formula is C14H14N2O3. The average Bonchev–Trinajstić information content (AvgIpc) is 2.42. The van der Waals surface area contributed by atoms with E-state index in [0.29, 0.717) is 23.1 Å². The molecule has 2 aromatic rings. The van der Waals surface area contributed by atoms with Crippen LogP contribution in [0.2, 0.25) is 0 Å². The lowest BCUT2D eigenvalue weighted by atomic mass is 10.2. The van der Waals surface area contributed by atoms with Crippen LogP contribution in [0.15, 0.2) is 47.4 Å². The van der Waals surface area contributed by atoms with Crippen LogP contribution in [0.25, 0.3) is 10.9 Å². The molecule has 0 fully saturated rings. The summed E-state index contributed by atoms with van der Waals surface area (Å²) in [5, 5.41) is 4.59. The Balaban J connectivity index is 2.37. The van der Waals surface area contributed by atoms with Crippen LogP contribution in [0.4, 0.5) is 0 Å². The van der Waals surface area contributed by atoms with Gasteiger partial charge in [-0.05, 0) is 19.1 Å². The molecule has 0 radical (unpaired) electrons. The normalized spacial score (nSPS) is 10.4. The Labute approximate surface area is 110 Å². The highest BCUT2D eigenvalue weighted by Crippen LogP contribution is 2.10. The number of para-hydroxylation sites is 1. The summed E-state index contributed by atoms with van der Waals surface area (Å²) in [6, 6.07) is 7.10. The van der Waals surface area contributed by atoms with Gasteiger partial charge in [-0.1, -0.05) is 18.7 Å². The fraction of sp³-hybridized carbons (Fsp3) is 0.214. The molecule has 98 valence electrons. The average molecular weight is 258 g/mol. The summed E-state index contributed by atoms with van der Waals surface area (Å²) in [5.74, 6) is -0.452. The number of fused-ring (bicyclic) bond motifs is 1. The molecule has 0 spiro atoms. The Morgan fingerprint density at radius 1 is 1.42 bits per heavy atom. The van der Waals surface area contributed by atoms with Gasteiger partial charge in [-0.25, -0.2) is 4.79 Å². The van der Waals surface area contributed by atoms with Crippen LogP contribution >= 0.6 is 0 Å². The minimum atomic E-state index is -0.452. The molecule has 1 heterocycles. The van der Waals surface area contributed by atoms with Crippen LogP contribution in [-0.2, 0) is 16.1 Å². The van der Waals surface area contributed by atoms with Crippen LogP contribution in [0.3, 0.4) is 0 Å². The van der Waals surface area contributed by atoms with Gasteiger partial charge in [0, 0.05) is 5.39 Å². The molecule has 0 N–H and O–H groups in total. The lowest BCUT2D eigenvalue weighted by Gasteiger charge is -2.10. The van der Waals surface area contributed by atoms with E-state index in [9.17, 15) is 9.59 Å². The van der Waals surface area contributed by atoms with Gasteiger partial charge >= 0.3 is 5.97 Å². The molecule has 0 atom stereocenters. The van der Waals surface area contributed by atoms with E-state index in [1.165, 1.54) is 6.20 Å². The first-order chi connectivity index (χ1) is 9.13. The molecule has 0 aliphatic heterocycles. The van der Waals surface area contributed by atoms with Crippen molar-refractivity contribution in [3.05, 3.63) is 52.8 Å². The summed E-state index contributed by atoms with van der Waals surface area (Å²) >= 11 is 0. The molecule has 19 heavy (non-hydrogen) atoms. The number of benzene rings is 1. The van der Waals surface area contributed by atoms with Gasteiger partial charge in [-0.2, -0.15) is 5.10 Å². The van der Waals surface area contributed by atoms with Gasteiger partial charge < -0.3 is 4.74 Å². The van der Waals surface area contributed by atoms with Gasteiger partial charge in [0.1, 0.15) is 0 Å². The Hall–Kier alpha value is -2.43. The number of nitrogens with zero attached hydrogens (tertiary/aromatic N) is 2. The fourth-order valence-corrected chi connectivity index (χ4v) is 1.77. The van der Waals surface area contributed by atoms with Gasteiger partial charge in [0.25, 0.3) is 0 Å². The number of rotatable bonds is 4. The van der Waals surface area contributed by atoms with Crippen molar-refractivity contribution in [2.24, 2.45) is 0 Å². The molecule has 0 unspecified atom stereocenters. The topological polar surface area (TPSA) is 61.2 Å². The second-order valence-electron chi connectivity index (χ2n) is 4.01. The molecule has 1 aromatic heterocycles. The smallest absolute Gasteiger partial charge is 0.335 e. The fourth-order valence-electron chi connectivity index (χ4n) is 1.77. The van der Waals surface area contributed by atoms with E-state index in [-0.39, 0.29) is 12.0 Å². The summed E-state index contributed by atoms with van der Waals surface area (Å²) in [5.41, 5.74) is 0.817. The van der Waals surface area contributed by atoms with Crippen molar-refractivity contribution in [1.29, 1.82) is 0 Å². The molecule has 0 aliphatic rings. The quantitative estimate of drug-likeness (QED) is 0.616. The highest BCUT2D eigenvalue weighted by molar-refractivity contribution is 5.88. The molecule has 0 bridgehead atoms. The van der Waals surface area contributed by atoms with E-state index in [0.717, 1.165) is 0 Å². The SMILES string of the molecule is C=C(Cn1ncc(=O)c2ccccc21)C(=O)OCC. The Morgan fingerprint density at radius 3 is 2.89 bits per heavy atom. The van der Waals surface area contributed by atoms with Gasteiger partial charge in [-0.15, -0.1) is 0 Å². The molecule has 5 nitrogen and oxygen atoms in total. The second-order valence-corrected chi connectivity index (χ2v) is 4.01. The molecule has 0 saturated carbocycles. The maximum Gasteiger partial charge on any atom is 0.335 e. The van der Waals surface area contributed by atoms with Crippen molar-refractivity contribution >= 4 is 16.9 Å². The van der Waals surface area contributed by atoms with Gasteiger partial charge in [-0.3, -0.25) is 9.48 Å². The van der Waals surface area contributed by atoms with Crippen molar-refractivity contribution < 1.29 is 9.53 Å². The summed E-state index contributed by atoms with van der Waals surface area (Å²) in [6.45, 7) is 5.91. The number of hydrogen-bond donors (Lipinski definition) is 0. The third kappa shape index (κ3) is 2.70. The molecule has 2 rings (SSSR count). The zero-order valence-electron chi connectivity index (χ0n) is 10.6. The zero-order chi connectivity index (χ0) is 13.8. The van der Waals surface area contributed by atoms with Gasteiger partial charge in [0.05, 0.1) is 30.4 Å². The first-order valence-corrected chi connectivity index (χ1v) is 5.93. The lowest BCUT2D eigenvalue weighted by Crippen LogP contribution is -2.17. The Morgan fingerprint density at radius 2 is 2.16 bits per heavy atom. The van der Waals surface area contributed by atoms with Crippen LogP contribution in [0, 0.1) is 0 Å². The van der Waals surface area contributed by atoms with E-state index in [2.05, 4.69) is 11.7 Å². The number of carbonyl (C=O) groups is 1. The number of aromatic nitrogens is 2. The summed E-state index contributed by atoms with van der Waals surface area (Å²) < 4.78 is 6.44. The lowest BCUT2D eigenvalue weighted by molar-refractivity contribution is -0.138. The number of carbonyl (C=O) groups excluding carboxylic acids is 1. The van der Waals surface area contributed by atoms with Crippen LogP contribution in [0.5, 0.6) is 0 Å². The largest absolute Gasteiger partial charge is 0.463 e. The minimum Gasteiger partial charge on any atom is -0.463 e. The van der Waals surface area contributed by atoms with Crippen LogP contribution in [-0.4, -0.2) is 22.4 Å². The van der Waals surface area contributed by atoms with Gasteiger partial charge in [0.2, 0.25) is 5.43 Å². The highest BCUT2D eigenvalue weighted by atomic mass is 16.5. The van der Waals surface area contributed by atoms with Crippen molar-refractivity contribution in [2.75, 3.05) is 6.61 Å². The van der Waals surface area contributed by atoms with Crippen molar-refractivity contribution in [3.63, 3.8) is 0 Å². The summed E-state index contributed by atoms with van der Waals surface area (Å²) in [4.78, 5) is 23.2. The van der Waals surface area contributed by atoms with E-state index in [1.807, 2.05) is 6.07 Å². The zero-order valence-corrected chi connectivity index (χ0v) is 10.6. The maximum atomic E-state index is 11.7. The summed E-state index contributed by atoms with van der Waals surface area (Å²) in [6.07, 6.45) is 1.24. The maximum absolute atomic E-state index is 11.7. The van der Waals surface area contributed by atoms with Crippen molar-refractivity contribution in [3.8, 4) is 0 Å². The molecule has 5 heteroatoms. The third-order valence-electron chi connectivity index (χ3n) is 2.67. The number of ether oxygens (including phenoxy) is 1.